The largest absolute Gasteiger partial charge is 0.339 e. The predicted octanol–water partition coefficient (Wildman–Crippen LogP) is 1.66. The van der Waals surface area contributed by atoms with Crippen LogP contribution in [0.15, 0.2) is 15.2 Å². The lowest BCUT2D eigenvalue weighted by atomic mass is 10.1. The van der Waals surface area contributed by atoms with Crippen LogP contribution in [-0.4, -0.2) is 44.6 Å². The fourth-order valence-electron chi connectivity index (χ4n) is 2.11. The zero-order chi connectivity index (χ0) is 14.0. The molecule has 0 radical (unpaired) electrons. The molecule has 0 unspecified atom stereocenters. The molecule has 1 aromatic heterocycles. The molecule has 8 heteroatoms. The number of amides is 1. The van der Waals surface area contributed by atoms with Gasteiger partial charge in [-0.2, -0.15) is 0 Å². The zero-order valence-corrected chi connectivity index (χ0v) is 13.6. The van der Waals surface area contributed by atoms with Gasteiger partial charge in [0.1, 0.15) is 0 Å². The topological polar surface area (TPSA) is 66.5 Å². The molecule has 0 spiro atoms. The van der Waals surface area contributed by atoms with Crippen molar-refractivity contribution in [3.05, 3.63) is 20.8 Å². The van der Waals surface area contributed by atoms with Crippen molar-refractivity contribution in [2.45, 2.75) is 18.9 Å². The maximum atomic E-state index is 12.2. The van der Waals surface area contributed by atoms with Gasteiger partial charge in [0.25, 0.3) is 5.91 Å². The first-order chi connectivity index (χ1) is 8.85. The maximum absolute atomic E-state index is 12.2. The molecule has 0 saturated carbocycles. The molecule has 1 aliphatic heterocycles. The number of carbonyl (C=O) groups is 1. The molecule has 19 heavy (non-hydrogen) atoms. The first-order valence-electron chi connectivity index (χ1n) is 5.86. The number of carbonyl (C=O) groups excluding carboxylic acids is 1. The third-order valence-corrected chi connectivity index (χ3v) is 5.24. The molecule has 0 aromatic carbocycles. The van der Waals surface area contributed by atoms with Crippen LogP contribution in [0.5, 0.6) is 0 Å². The molecule has 1 saturated heterocycles. The Hall–Kier alpha value is -0.440. The highest BCUT2D eigenvalue weighted by molar-refractivity contribution is 9.11. The van der Waals surface area contributed by atoms with Gasteiger partial charge in [0.15, 0.2) is 0 Å². The number of piperidine rings is 1. The Morgan fingerprint density at radius 1 is 1.47 bits per heavy atom. The van der Waals surface area contributed by atoms with Gasteiger partial charge in [-0.15, -0.1) is 11.3 Å². The molecule has 1 aliphatic rings. The zero-order valence-electron chi connectivity index (χ0n) is 10.4. The van der Waals surface area contributed by atoms with Crippen LogP contribution in [0.4, 0.5) is 0 Å². The first-order valence-corrected chi connectivity index (χ1v) is 9.42. The number of sulfonamides is 1. The van der Waals surface area contributed by atoms with Crippen LogP contribution in [0.2, 0.25) is 0 Å². The average molecular weight is 367 g/mol. The van der Waals surface area contributed by atoms with Gasteiger partial charge in [-0.05, 0) is 34.8 Å². The van der Waals surface area contributed by atoms with Crippen molar-refractivity contribution in [3.63, 3.8) is 0 Å². The van der Waals surface area contributed by atoms with Gasteiger partial charge in [-0.25, -0.2) is 13.1 Å². The normalized spacial score (nSPS) is 17.7. The number of thiophene rings is 1. The van der Waals surface area contributed by atoms with Crippen LogP contribution in [0, 0.1) is 0 Å². The van der Waals surface area contributed by atoms with E-state index < -0.39 is 10.0 Å². The Balaban J connectivity index is 1.91. The fraction of sp³-hybridized carbons (Fsp3) is 0.545. The van der Waals surface area contributed by atoms with Gasteiger partial charge in [0.05, 0.1) is 15.6 Å². The van der Waals surface area contributed by atoms with E-state index in [0.717, 1.165) is 10.0 Å². The Labute approximate surface area is 125 Å². The molecule has 106 valence electrons. The van der Waals surface area contributed by atoms with Gasteiger partial charge in [0.2, 0.25) is 10.0 Å². The van der Waals surface area contributed by atoms with Crippen molar-refractivity contribution in [1.82, 2.24) is 9.62 Å². The molecule has 2 rings (SSSR count). The Morgan fingerprint density at radius 2 is 2.11 bits per heavy atom. The van der Waals surface area contributed by atoms with E-state index in [1.165, 1.54) is 11.3 Å². The molecule has 1 aromatic rings. The van der Waals surface area contributed by atoms with Gasteiger partial charge in [-0.1, -0.05) is 0 Å². The summed E-state index contributed by atoms with van der Waals surface area (Å²) in [6.07, 6.45) is 2.47. The van der Waals surface area contributed by atoms with E-state index >= 15 is 0 Å². The van der Waals surface area contributed by atoms with Gasteiger partial charge in [-0.3, -0.25) is 4.79 Å². The smallest absolute Gasteiger partial charge is 0.254 e. The lowest BCUT2D eigenvalue weighted by molar-refractivity contribution is 0.0712. The summed E-state index contributed by atoms with van der Waals surface area (Å²) in [5.41, 5.74) is 0.686. The minimum atomic E-state index is -3.17. The third kappa shape index (κ3) is 4.27. The van der Waals surface area contributed by atoms with Crippen LogP contribution < -0.4 is 4.72 Å². The van der Waals surface area contributed by atoms with Gasteiger partial charge in [0, 0.05) is 24.5 Å². The van der Waals surface area contributed by atoms with E-state index in [1.807, 2.05) is 11.4 Å². The minimum absolute atomic E-state index is 0.0137. The minimum Gasteiger partial charge on any atom is -0.339 e. The summed E-state index contributed by atoms with van der Waals surface area (Å²) in [6, 6.07) is 1.75. The molecular formula is C11H15BrN2O3S2. The van der Waals surface area contributed by atoms with E-state index in [1.54, 1.807) is 4.90 Å². The Bertz CT molecular complexity index is 562. The van der Waals surface area contributed by atoms with Crippen molar-refractivity contribution in [2.75, 3.05) is 19.3 Å². The number of likely N-dealkylation sites (tertiary alicyclic amines) is 1. The highest BCUT2D eigenvalue weighted by Crippen LogP contribution is 2.23. The summed E-state index contributed by atoms with van der Waals surface area (Å²) in [6.45, 7) is 1.17. The van der Waals surface area contributed by atoms with Crippen molar-refractivity contribution in [1.29, 1.82) is 0 Å². The quantitative estimate of drug-likeness (QED) is 0.884. The molecule has 0 bridgehead atoms. The third-order valence-electron chi connectivity index (χ3n) is 2.98. The van der Waals surface area contributed by atoms with E-state index in [4.69, 9.17) is 0 Å². The number of nitrogens with one attached hydrogen (secondary N) is 1. The summed E-state index contributed by atoms with van der Waals surface area (Å²) in [5, 5.41) is 1.83. The summed E-state index contributed by atoms with van der Waals surface area (Å²) < 4.78 is 25.8. The van der Waals surface area contributed by atoms with Crippen LogP contribution >= 0.6 is 27.3 Å². The number of hydrogen-bond acceptors (Lipinski definition) is 4. The molecule has 5 nitrogen and oxygen atoms in total. The van der Waals surface area contributed by atoms with E-state index in [9.17, 15) is 13.2 Å². The van der Waals surface area contributed by atoms with Crippen molar-refractivity contribution >= 4 is 43.2 Å². The van der Waals surface area contributed by atoms with Crippen molar-refractivity contribution < 1.29 is 13.2 Å². The number of nitrogens with zero attached hydrogens (tertiary/aromatic N) is 1. The van der Waals surface area contributed by atoms with Gasteiger partial charge < -0.3 is 4.90 Å². The monoisotopic (exact) mass is 366 g/mol. The van der Waals surface area contributed by atoms with E-state index in [0.29, 0.717) is 31.5 Å². The molecule has 0 atom stereocenters. The summed E-state index contributed by atoms with van der Waals surface area (Å²) >= 11 is 4.82. The summed E-state index contributed by atoms with van der Waals surface area (Å²) in [5.74, 6) is 0.0137. The second-order valence-electron chi connectivity index (χ2n) is 4.60. The summed E-state index contributed by atoms with van der Waals surface area (Å²) in [7, 11) is -3.17. The standard InChI is InChI=1S/C11H15BrN2O3S2/c1-19(16,17)13-9-2-4-14(5-3-9)11(15)8-6-10(12)18-7-8/h6-7,9,13H,2-5H2,1H3. The molecule has 1 amide bonds. The molecule has 1 N–H and O–H groups in total. The van der Waals surface area contributed by atoms with Crippen molar-refractivity contribution in [2.24, 2.45) is 0 Å². The Kier molecular flexibility index (Phi) is 4.65. The molecule has 1 fully saturated rings. The second kappa shape index (κ2) is 5.90. The highest BCUT2D eigenvalue weighted by Gasteiger charge is 2.25. The van der Waals surface area contributed by atoms with Crippen LogP contribution in [0.1, 0.15) is 23.2 Å². The fourth-order valence-corrected chi connectivity index (χ4v) is 4.08. The first kappa shape index (κ1) is 15.0. The van der Waals surface area contributed by atoms with Gasteiger partial charge >= 0.3 is 0 Å². The van der Waals surface area contributed by atoms with Crippen LogP contribution in [0.3, 0.4) is 0 Å². The van der Waals surface area contributed by atoms with Crippen LogP contribution in [0.25, 0.3) is 0 Å². The summed E-state index contributed by atoms with van der Waals surface area (Å²) in [4.78, 5) is 14.0. The lowest BCUT2D eigenvalue weighted by Crippen LogP contribution is -2.46. The number of hydrogen-bond donors (Lipinski definition) is 1. The molecule has 2 heterocycles. The molecule has 0 aliphatic carbocycles. The molecular weight excluding hydrogens is 352 g/mol. The number of halogens is 1. The lowest BCUT2D eigenvalue weighted by Gasteiger charge is -2.31. The maximum Gasteiger partial charge on any atom is 0.254 e. The predicted molar refractivity (Wildman–Crippen MR) is 78.9 cm³/mol. The van der Waals surface area contributed by atoms with E-state index in [-0.39, 0.29) is 11.9 Å². The Morgan fingerprint density at radius 3 is 2.58 bits per heavy atom. The SMILES string of the molecule is CS(=O)(=O)NC1CCN(C(=O)c2csc(Br)c2)CC1. The van der Waals surface area contributed by atoms with Crippen LogP contribution in [-0.2, 0) is 10.0 Å². The highest BCUT2D eigenvalue weighted by atomic mass is 79.9. The van der Waals surface area contributed by atoms with E-state index in [2.05, 4.69) is 20.7 Å². The average Bonchev–Trinajstić information content (AvgIpc) is 2.74. The number of rotatable bonds is 3. The second-order valence-corrected chi connectivity index (χ2v) is 8.67. The van der Waals surface area contributed by atoms with Crippen molar-refractivity contribution in [3.8, 4) is 0 Å².